The molecule has 1 aliphatic rings. The Balaban J connectivity index is 1.84. The number of amides is 1. The summed E-state index contributed by atoms with van der Waals surface area (Å²) in [6, 6.07) is 9.62. The number of sulfonamides is 1. The highest BCUT2D eigenvalue weighted by Crippen LogP contribution is 2.35. The monoisotopic (exact) mass is 434 g/mol. The summed E-state index contributed by atoms with van der Waals surface area (Å²) in [7, 11) is -0.746. The number of benzene rings is 2. The Bertz CT molecular complexity index is 1040. The van der Waals surface area contributed by atoms with Gasteiger partial charge in [0.15, 0.2) is 11.5 Å². The van der Waals surface area contributed by atoms with E-state index in [2.05, 4.69) is 4.72 Å². The number of nitrogens with zero attached hydrogens (tertiary/aromatic N) is 1. The molecule has 2 aromatic carbocycles. The van der Waals surface area contributed by atoms with Crippen LogP contribution < -0.4 is 19.1 Å². The van der Waals surface area contributed by atoms with E-state index in [1.165, 1.54) is 20.1 Å². The van der Waals surface area contributed by atoms with E-state index in [4.69, 9.17) is 14.2 Å². The van der Waals surface area contributed by atoms with E-state index >= 15 is 0 Å². The predicted molar refractivity (Wildman–Crippen MR) is 114 cm³/mol. The van der Waals surface area contributed by atoms with Gasteiger partial charge in [-0.15, -0.1) is 0 Å². The average Bonchev–Trinajstić information content (AvgIpc) is 3.03. The standard InChI is InChI=1S/C21H26N2O6S/c1-14-11-16-12-18(6-7-19(16)23(14)15(2)24)30(25,26)22-17-5-8-20(28-4)21(13-17)29-10-9-27-3/h5-8,12-14,22H,9-11H2,1-4H3. The van der Waals surface area contributed by atoms with E-state index in [1.807, 2.05) is 6.92 Å². The van der Waals surface area contributed by atoms with E-state index in [9.17, 15) is 13.2 Å². The van der Waals surface area contributed by atoms with Gasteiger partial charge in [0, 0.05) is 31.8 Å². The van der Waals surface area contributed by atoms with Gasteiger partial charge < -0.3 is 19.1 Å². The van der Waals surface area contributed by atoms with Gasteiger partial charge in [-0.3, -0.25) is 9.52 Å². The second kappa shape index (κ2) is 8.93. The maximum Gasteiger partial charge on any atom is 0.261 e. The van der Waals surface area contributed by atoms with Gasteiger partial charge in [0.2, 0.25) is 5.91 Å². The molecular weight excluding hydrogens is 408 g/mol. The Morgan fingerprint density at radius 2 is 1.90 bits per heavy atom. The van der Waals surface area contributed by atoms with Crippen molar-refractivity contribution < 1.29 is 27.4 Å². The predicted octanol–water partition coefficient (Wildman–Crippen LogP) is 2.82. The summed E-state index contributed by atoms with van der Waals surface area (Å²) in [6.07, 6.45) is 0.609. The largest absolute Gasteiger partial charge is 0.493 e. The molecule has 1 atom stereocenters. The molecule has 0 bridgehead atoms. The Kier molecular flexibility index (Phi) is 6.52. The first-order valence-electron chi connectivity index (χ1n) is 9.52. The first-order chi connectivity index (χ1) is 14.3. The number of carbonyl (C=O) groups is 1. The molecule has 0 saturated heterocycles. The molecule has 1 aliphatic heterocycles. The molecule has 162 valence electrons. The average molecular weight is 435 g/mol. The first kappa shape index (κ1) is 21.9. The molecule has 30 heavy (non-hydrogen) atoms. The minimum absolute atomic E-state index is 0.00295. The van der Waals surface area contributed by atoms with Gasteiger partial charge in [0.25, 0.3) is 10.0 Å². The number of nitrogens with one attached hydrogen (secondary N) is 1. The highest BCUT2D eigenvalue weighted by Gasteiger charge is 2.30. The molecule has 1 heterocycles. The molecule has 0 aromatic heterocycles. The lowest BCUT2D eigenvalue weighted by Crippen LogP contribution is -2.33. The van der Waals surface area contributed by atoms with Crippen molar-refractivity contribution in [2.75, 3.05) is 37.1 Å². The van der Waals surface area contributed by atoms with Gasteiger partial charge in [-0.2, -0.15) is 0 Å². The van der Waals surface area contributed by atoms with Crippen LogP contribution in [0.15, 0.2) is 41.3 Å². The molecule has 9 heteroatoms. The van der Waals surface area contributed by atoms with E-state index in [-0.39, 0.29) is 16.8 Å². The Hall–Kier alpha value is -2.78. The summed E-state index contributed by atoms with van der Waals surface area (Å²) in [5.41, 5.74) is 1.94. The SMILES string of the molecule is COCCOc1cc(NS(=O)(=O)c2ccc3c(c2)CC(C)N3C(C)=O)ccc1OC. The number of hydrogen-bond acceptors (Lipinski definition) is 6. The lowest BCUT2D eigenvalue weighted by molar-refractivity contribution is -0.116. The van der Waals surface area contributed by atoms with Crippen LogP contribution in [0.25, 0.3) is 0 Å². The van der Waals surface area contributed by atoms with E-state index in [0.717, 1.165) is 11.3 Å². The van der Waals surface area contributed by atoms with Crippen LogP contribution in [0.3, 0.4) is 0 Å². The lowest BCUT2D eigenvalue weighted by atomic mass is 10.1. The van der Waals surface area contributed by atoms with Crippen molar-refractivity contribution in [3.05, 3.63) is 42.0 Å². The summed E-state index contributed by atoms with van der Waals surface area (Å²) in [6.45, 7) is 4.15. The Morgan fingerprint density at radius 1 is 1.13 bits per heavy atom. The first-order valence-corrected chi connectivity index (χ1v) is 11.0. The minimum Gasteiger partial charge on any atom is -0.493 e. The number of carbonyl (C=O) groups excluding carboxylic acids is 1. The number of anilines is 2. The van der Waals surface area contributed by atoms with Gasteiger partial charge in [0.1, 0.15) is 6.61 Å². The highest BCUT2D eigenvalue weighted by atomic mass is 32.2. The van der Waals surface area contributed by atoms with Gasteiger partial charge in [0.05, 0.1) is 24.3 Å². The number of rotatable bonds is 8. The molecule has 0 spiro atoms. The zero-order chi connectivity index (χ0) is 21.9. The third-order valence-electron chi connectivity index (χ3n) is 4.88. The molecule has 8 nitrogen and oxygen atoms in total. The van der Waals surface area contributed by atoms with E-state index in [0.29, 0.717) is 36.8 Å². The summed E-state index contributed by atoms with van der Waals surface area (Å²) in [4.78, 5) is 13.7. The normalized spacial score (nSPS) is 15.6. The topological polar surface area (TPSA) is 94.2 Å². The van der Waals surface area contributed by atoms with Gasteiger partial charge in [-0.25, -0.2) is 8.42 Å². The van der Waals surface area contributed by atoms with Crippen LogP contribution in [-0.4, -0.2) is 47.8 Å². The van der Waals surface area contributed by atoms with Crippen LogP contribution in [0, 0.1) is 0 Å². The zero-order valence-corrected chi connectivity index (χ0v) is 18.3. The zero-order valence-electron chi connectivity index (χ0n) is 17.5. The van der Waals surface area contributed by atoms with Crippen molar-refractivity contribution in [2.45, 2.75) is 31.2 Å². The molecule has 0 fully saturated rings. The Labute approximate surface area is 176 Å². The fourth-order valence-corrected chi connectivity index (χ4v) is 4.66. The second-order valence-corrected chi connectivity index (χ2v) is 8.73. The van der Waals surface area contributed by atoms with Gasteiger partial charge in [-0.05, 0) is 49.2 Å². The van der Waals surface area contributed by atoms with Gasteiger partial charge in [-0.1, -0.05) is 0 Å². The van der Waals surface area contributed by atoms with E-state index in [1.54, 1.807) is 42.3 Å². The van der Waals surface area contributed by atoms with Crippen LogP contribution in [0.5, 0.6) is 11.5 Å². The molecule has 1 unspecified atom stereocenters. The van der Waals surface area contributed by atoms with Crippen molar-refractivity contribution in [3.8, 4) is 11.5 Å². The van der Waals surface area contributed by atoms with Crippen LogP contribution in [0.4, 0.5) is 11.4 Å². The Morgan fingerprint density at radius 3 is 2.57 bits per heavy atom. The van der Waals surface area contributed by atoms with E-state index < -0.39 is 10.0 Å². The molecule has 1 N–H and O–H groups in total. The minimum atomic E-state index is -3.83. The fourth-order valence-electron chi connectivity index (χ4n) is 3.56. The van der Waals surface area contributed by atoms with Crippen molar-refractivity contribution >= 4 is 27.3 Å². The number of hydrogen-bond donors (Lipinski definition) is 1. The van der Waals surface area contributed by atoms with Crippen molar-refractivity contribution in [1.82, 2.24) is 0 Å². The quantitative estimate of drug-likeness (QED) is 0.642. The smallest absolute Gasteiger partial charge is 0.261 e. The molecule has 2 aromatic rings. The van der Waals surface area contributed by atoms with Crippen molar-refractivity contribution in [3.63, 3.8) is 0 Å². The summed E-state index contributed by atoms with van der Waals surface area (Å²) in [5.74, 6) is 0.841. The molecular formula is C21H26N2O6S. The van der Waals surface area contributed by atoms with Crippen molar-refractivity contribution in [1.29, 1.82) is 0 Å². The second-order valence-electron chi connectivity index (χ2n) is 7.05. The lowest BCUT2D eigenvalue weighted by Gasteiger charge is -2.20. The fraction of sp³-hybridized carbons (Fsp3) is 0.381. The highest BCUT2D eigenvalue weighted by molar-refractivity contribution is 7.92. The number of methoxy groups -OCH3 is 2. The summed E-state index contributed by atoms with van der Waals surface area (Å²) >= 11 is 0. The van der Waals surface area contributed by atoms with Crippen LogP contribution in [-0.2, 0) is 26.0 Å². The van der Waals surface area contributed by atoms with Crippen LogP contribution >= 0.6 is 0 Å². The molecule has 3 rings (SSSR count). The third-order valence-corrected chi connectivity index (χ3v) is 6.26. The van der Waals surface area contributed by atoms with Crippen molar-refractivity contribution in [2.24, 2.45) is 0 Å². The number of ether oxygens (including phenoxy) is 3. The molecule has 1 amide bonds. The maximum atomic E-state index is 12.9. The summed E-state index contributed by atoms with van der Waals surface area (Å²) < 4.78 is 44.3. The molecule has 0 radical (unpaired) electrons. The molecule has 0 aliphatic carbocycles. The maximum absolute atomic E-state index is 12.9. The van der Waals surface area contributed by atoms with Gasteiger partial charge >= 0.3 is 0 Å². The van der Waals surface area contributed by atoms with Crippen LogP contribution in [0.2, 0.25) is 0 Å². The van der Waals surface area contributed by atoms with Crippen LogP contribution in [0.1, 0.15) is 19.4 Å². The summed E-state index contributed by atoms with van der Waals surface area (Å²) in [5, 5.41) is 0. The number of fused-ring (bicyclic) bond motifs is 1. The third kappa shape index (κ3) is 4.52. The molecule has 0 saturated carbocycles.